The summed E-state index contributed by atoms with van der Waals surface area (Å²) in [6, 6.07) is 6.49. The third kappa shape index (κ3) is 11.7. The van der Waals surface area contributed by atoms with Crippen molar-refractivity contribution in [2.45, 2.75) is 47.1 Å². The number of allylic oxidation sites excluding steroid dienone is 2. The van der Waals surface area contributed by atoms with Crippen LogP contribution < -0.4 is 5.32 Å². The van der Waals surface area contributed by atoms with Gasteiger partial charge in [0, 0.05) is 6.04 Å². The molecule has 0 radical (unpaired) electrons. The highest BCUT2D eigenvalue weighted by atomic mass is 16.4. The molecule has 0 fully saturated rings. The molecule has 1 unspecified atom stereocenters. The molecule has 1 aromatic rings. The molecule has 0 saturated carbocycles. The average Bonchev–Trinajstić information content (AvgIpc) is 2.68. The van der Waals surface area contributed by atoms with Crippen LogP contribution in [0.1, 0.15) is 57.0 Å². The second-order valence-electron chi connectivity index (χ2n) is 5.71. The Hall–Kier alpha value is -2.91. The van der Waals surface area contributed by atoms with Gasteiger partial charge < -0.3 is 15.3 Å². The van der Waals surface area contributed by atoms with Crippen LogP contribution >= 0.6 is 0 Å². The van der Waals surface area contributed by atoms with Crippen molar-refractivity contribution in [1.29, 1.82) is 5.26 Å². The highest BCUT2D eigenvalue weighted by Crippen LogP contribution is 2.17. The SMILES string of the molecule is C/C=C\C(C)N(C)C.CC.CC/C=C/C(=O)Nc1ccc(C#N)cc1C(=O)O. The first-order valence-corrected chi connectivity index (χ1v) is 9.30. The van der Waals surface area contributed by atoms with Crippen molar-refractivity contribution in [3.63, 3.8) is 0 Å². The fourth-order valence-electron chi connectivity index (χ4n) is 1.75. The summed E-state index contributed by atoms with van der Waals surface area (Å²) in [4.78, 5) is 24.6. The molecule has 28 heavy (non-hydrogen) atoms. The monoisotopic (exact) mass is 387 g/mol. The van der Waals surface area contributed by atoms with Gasteiger partial charge in [0.05, 0.1) is 22.9 Å². The lowest BCUT2D eigenvalue weighted by Gasteiger charge is -2.14. The summed E-state index contributed by atoms with van der Waals surface area (Å²) in [7, 11) is 4.15. The van der Waals surface area contributed by atoms with E-state index in [2.05, 4.69) is 43.4 Å². The number of anilines is 1. The molecule has 0 saturated heterocycles. The lowest BCUT2D eigenvalue weighted by Crippen LogP contribution is -2.21. The van der Waals surface area contributed by atoms with Crippen molar-refractivity contribution in [2.75, 3.05) is 19.4 Å². The summed E-state index contributed by atoms with van der Waals surface area (Å²) in [5.74, 6) is -1.59. The number of hydrogen-bond acceptors (Lipinski definition) is 4. The van der Waals surface area contributed by atoms with E-state index in [1.165, 1.54) is 24.3 Å². The molecular formula is C22H33N3O3. The molecule has 0 bridgehead atoms. The molecular weight excluding hydrogens is 354 g/mol. The van der Waals surface area contributed by atoms with E-state index in [1.807, 2.05) is 33.8 Å². The normalized spacial score (nSPS) is 11.1. The number of carbonyl (C=O) groups excluding carboxylic acids is 1. The molecule has 2 N–H and O–H groups in total. The van der Waals surface area contributed by atoms with E-state index in [9.17, 15) is 9.59 Å². The van der Waals surface area contributed by atoms with E-state index < -0.39 is 11.9 Å². The number of nitrogens with zero attached hydrogens (tertiary/aromatic N) is 2. The third-order valence-corrected chi connectivity index (χ3v) is 3.43. The molecule has 0 heterocycles. The predicted molar refractivity (Wildman–Crippen MR) is 115 cm³/mol. The van der Waals surface area contributed by atoms with E-state index in [4.69, 9.17) is 10.4 Å². The molecule has 0 aliphatic rings. The number of rotatable bonds is 6. The molecule has 0 aliphatic carbocycles. The van der Waals surface area contributed by atoms with Crippen LogP contribution in [0.5, 0.6) is 0 Å². The highest BCUT2D eigenvalue weighted by molar-refractivity contribution is 6.04. The number of likely N-dealkylation sites (N-methyl/N-ethyl adjacent to an activating group) is 1. The van der Waals surface area contributed by atoms with Gasteiger partial charge in [-0.1, -0.05) is 39.0 Å². The zero-order valence-electron chi connectivity index (χ0n) is 18.0. The molecule has 154 valence electrons. The van der Waals surface area contributed by atoms with Gasteiger partial charge in [0.2, 0.25) is 5.91 Å². The first-order valence-electron chi connectivity index (χ1n) is 9.30. The Labute approximate surface area is 169 Å². The van der Waals surface area contributed by atoms with Gasteiger partial charge in [0.15, 0.2) is 0 Å². The van der Waals surface area contributed by atoms with Crippen LogP contribution in [-0.2, 0) is 4.79 Å². The summed E-state index contributed by atoms with van der Waals surface area (Å²) in [6.07, 6.45) is 7.96. The van der Waals surface area contributed by atoms with E-state index in [1.54, 1.807) is 6.08 Å². The third-order valence-electron chi connectivity index (χ3n) is 3.43. The number of carboxylic acid groups (broad SMARTS) is 1. The Morgan fingerprint density at radius 1 is 1.32 bits per heavy atom. The summed E-state index contributed by atoms with van der Waals surface area (Å²) in [6.45, 7) is 10.1. The zero-order chi connectivity index (χ0) is 22.1. The quantitative estimate of drug-likeness (QED) is 0.545. The number of amides is 1. The van der Waals surface area contributed by atoms with E-state index in [-0.39, 0.29) is 16.8 Å². The Bertz CT molecular complexity index is 701. The number of nitriles is 1. The van der Waals surface area contributed by atoms with Crippen LogP contribution in [0.25, 0.3) is 0 Å². The van der Waals surface area contributed by atoms with Gasteiger partial charge >= 0.3 is 5.97 Å². The molecule has 0 aliphatic heterocycles. The Kier molecular flexibility index (Phi) is 15.9. The smallest absolute Gasteiger partial charge is 0.337 e. The first-order chi connectivity index (χ1) is 13.3. The molecule has 1 amide bonds. The van der Waals surface area contributed by atoms with E-state index >= 15 is 0 Å². The van der Waals surface area contributed by atoms with Gasteiger partial charge in [-0.3, -0.25) is 4.79 Å². The lowest BCUT2D eigenvalue weighted by molar-refractivity contribution is -0.111. The van der Waals surface area contributed by atoms with Gasteiger partial charge in [-0.05, 0) is 58.6 Å². The summed E-state index contributed by atoms with van der Waals surface area (Å²) < 4.78 is 0. The van der Waals surface area contributed by atoms with Crippen molar-refractivity contribution in [3.05, 3.63) is 53.6 Å². The minimum atomic E-state index is -1.19. The van der Waals surface area contributed by atoms with Crippen molar-refractivity contribution in [2.24, 2.45) is 0 Å². The van der Waals surface area contributed by atoms with Crippen molar-refractivity contribution < 1.29 is 14.7 Å². The molecule has 0 spiro atoms. The lowest BCUT2D eigenvalue weighted by atomic mass is 10.1. The fourth-order valence-corrected chi connectivity index (χ4v) is 1.75. The number of carboxylic acids is 1. The Morgan fingerprint density at radius 2 is 1.93 bits per heavy atom. The number of hydrogen-bond donors (Lipinski definition) is 2. The van der Waals surface area contributed by atoms with Crippen molar-refractivity contribution in [3.8, 4) is 6.07 Å². The minimum absolute atomic E-state index is 0.104. The van der Waals surface area contributed by atoms with Gasteiger partial charge in [-0.15, -0.1) is 0 Å². The van der Waals surface area contributed by atoms with Crippen LogP contribution in [-0.4, -0.2) is 42.0 Å². The maximum atomic E-state index is 11.4. The maximum absolute atomic E-state index is 11.4. The van der Waals surface area contributed by atoms with Gasteiger partial charge in [0.1, 0.15) is 0 Å². The summed E-state index contributed by atoms with van der Waals surface area (Å²) >= 11 is 0. The van der Waals surface area contributed by atoms with Crippen LogP contribution in [0.3, 0.4) is 0 Å². The topological polar surface area (TPSA) is 93.4 Å². The average molecular weight is 388 g/mol. The van der Waals surface area contributed by atoms with Crippen molar-refractivity contribution >= 4 is 17.6 Å². The number of nitrogens with one attached hydrogen (secondary N) is 1. The van der Waals surface area contributed by atoms with Crippen molar-refractivity contribution in [1.82, 2.24) is 4.90 Å². The highest BCUT2D eigenvalue weighted by Gasteiger charge is 2.12. The maximum Gasteiger partial charge on any atom is 0.337 e. The second kappa shape index (κ2) is 16.3. The predicted octanol–water partition coefficient (Wildman–Crippen LogP) is 4.70. The number of carbonyl (C=O) groups is 2. The van der Waals surface area contributed by atoms with E-state index in [0.717, 1.165) is 0 Å². The first kappa shape index (κ1) is 27.3. The fraction of sp³-hybridized carbons (Fsp3) is 0.409. The van der Waals surface area contributed by atoms with Crippen LogP contribution in [0.15, 0.2) is 42.5 Å². The molecule has 6 heteroatoms. The van der Waals surface area contributed by atoms with Crippen LogP contribution in [0.4, 0.5) is 5.69 Å². The van der Waals surface area contributed by atoms with Crippen LogP contribution in [0.2, 0.25) is 0 Å². The molecule has 1 rings (SSSR count). The Balaban J connectivity index is 0. The summed E-state index contributed by atoms with van der Waals surface area (Å²) in [5, 5.41) is 20.1. The van der Waals surface area contributed by atoms with E-state index in [0.29, 0.717) is 12.5 Å². The van der Waals surface area contributed by atoms with Gasteiger partial charge in [-0.2, -0.15) is 5.26 Å². The van der Waals surface area contributed by atoms with Gasteiger partial charge in [-0.25, -0.2) is 4.79 Å². The standard InChI is InChI=1S/C13H12N2O3.C7H15N.C2H6/c1-2-3-4-12(16)15-11-6-5-9(8-14)7-10(11)13(17)18;1-5-6-7(2)8(3)4;1-2/h3-7H,2H2,1H3,(H,15,16)(H,17,18);5-7H,1-4H3;1-2H3/b4-3+;6-5-;. The molecule has 0 aromatic heterocycles. The number of benzene rings is 1. The van der Waals surface area contributed by atoms with Gasteiger partial charge in [0.25, 0.3) is 0 Å². The molecule has 1 atom stereocenters. The minimum Gasteiger partial charge on any atom is -0.478 e. The Morgan fingerprint density at radius 3 is 2.32 bits per heavy atom. The summed E-state index contributed by atoms with van der Waals surface area (Å²) in [5.41, 5.74) is 0.300. The largest absolute Gasteiger partial charge is 0.478 e. The molecule has 1 aromatic carbocycles. The number of aromatic carboxylic acids is 1. The van der Waals surface area contributed by atoms with Crippen LogP contribution in [0, 0.1) is 11.3 Å². The second-order valence-corrected chi connectivity index (χ2v) is 5.71. The molecule has 6 nitrogen and oxygen atoms in total. The zero-order valence-corrected chi connectivity index (χ0v) is 18.0.